The summed E-state index contributed by atoms with van der Waals surface area (Å²) < 4.78 is 8.67. The van der Waals surface area contributed by atoms with Crippen LogP contribution >= 0.6 is 15.9 Å². The van der Waals surface area contributed by atoms with Crippen LogP contribution < -0.4 is 4.74 Å². The molecule has 0 aliphatic rings. The average Bonchev–Trinajstić information content (AvgIpc) is 2.79. The number of aromatic nitrogens is 2. The molecule has 1 aromatic carbocycles. The Morgan fingerprint density at radius 2 is 1.89 bits per heavy atom. The van der Waals surface area contributed by atoms with Gasteiger partial charge in [-0.3, -0.25) is 0 Å². The molecule has 0 aliphatic heterocycles. The van der Waals surface area contributed by atoms with Gasteiger partial charge in [-0.25, -0.2) is 4.98 Å². The third kappa shape index (κ3) is 2.38. The molecule has 0 radical (unpaired) electrons. The minimum atomic E-state index is 0.476. The van der Waals surface area contributed by atoms with E-state index in [1.54, 1.807) is 0 Å². The molecule has 90 valence electrons. The van der Waals surface area contributed by atoms with Crippen molar-refractivity contribution in [3.8, 4) is 5.75 Å². The maximum atomic E-state index is 5.66. The van der Waals surface area contributed by atoms with Crippen molar-refractivity contribution in [1.82, 2.24) is 9.38 Å². The second kappa shape index (κ2) is 4.82. The van der Waals surface area contributed by atoms with E-state index in [-0.39, 0.29) is 0 Å². The second-order valence-corrected chi connectivity index (χ2v) is 4.86. The summed E-state index contributed by atoms with van der Waals surface area (Å²) >= 11 is 3.44. The van der Waals surface area contributed by atoms with Crippen LogP contribution in [0.4, 0.5) is 0 Å². The Hall–Kier alpha value is -1.81. The van der Waals surface area contributed by atoms with Crippen molar-refractivity contribution >= 4 is 21.6 Å². The van der Waals surface area contributed by atoms with Crippen LogP contribution in [0.15, 0.2) is 59.3 Å². The number of hydrogen-bond donors (Lipinski definition) is 0. The number of para-hydroxylation sites is 1. The molecule has 0 saturated heterocycles. The number of pyridine rings is 1. The molecule has 0 atom stereocenters. The van der Waals surface area contributed by atoms with E-state index < -0.39 is 0 Å². The molecule has 0 unspecified atom stereocenters. The molecule has 2 aromatic heterocycles. The lowest BCUT2D eigenvalue weighted by molar-refractivity contribution is 0.302. The van der Waals surface area contributed by atoms with E-state index in [2.05, 4.69) is 20.9 Å². The summed E-state index contributed by atoms with van der Waals surface area (Å²) in [5, 5.41) is 0. The van der Waals surface area contributed by atoms with Crippen molar-refractivity contribution in [3.63, 3.8) is 0 Å². The van der Waals surface area contributed by atoms with E-state index in [0.29, 0.717) is 6.61 Å². The van der Waals surface area contributed by atoms with Crippen LogP contribution in [0, 0.1) is 0 Å². The van der Waals surface area contributed by atoms with Crippen LogP contribution in [-0.4, -0.2) is 9.38 Å². The smallest absolute Gasteiger partial charge is 0.137 e. The molecule has 18 heavy (non-hydrogen) atoms. The fourth-order valence-electron chi connectivity index (χ4n) is 1.76. The lowest BCUT2D eigenvalue weighted by atomic mass is 10.3. The summed E-state index contributed by atoms with van der Waals surface area (Å²) in [6.07, 6.45) is 3.96. The molecule has 0 saturated carbocycles. The van der Waals surface area contributed by atoms with Crippen LogP contribution in [0.25, 0.3) is 5.65 Å². The zero-order valence-electron chi connectivity index (χ0n) is 9.58. The fourth-order valence-corrected chi connectivity index (χ4v) is 2.11. The molecule has 3 aromatic rings. The average molecular weight is 303 g/mol. The maximum absolute atomic E-state index is 5.66. The van der Waals surface area contributed by atoms with Gasteiger partial charge < -0.3 is 9.14 Å². The number of halogens is 1. The Balaban J connectivity index is 1.79. The molecule has 0 aliphatic carbocycles. The second-order valence-electron chi connectivity index (χ2n) is 3.95. The van der Waals surface area contributed by atoms with Crippen molar-refractivity contribution < 1.29 is 4.74 Å². The minimum Gasteiger partial charge on any atom is -0.487 e. The Labute approximate surface area is 113 Å². The standard InChI is InChI=1S/C14H11BrN2O/c15-11-6-7-14-16-12(9-17(14)8-11)10-18-13-4-2-1-3-5-13/h1-9H,10H2. The monoisotopic (exact) mass is 302 g/mol. The fraction of sp³-hybridized carbons (Fsp3) is 0.0714. The van der Waals surface area contributed by atoms with Gasteiger partial charge in [-0.15, -0.1) is 0 Å². The predicted octanol–water partition coefficient (Wildman–Crippen LogP) is 3.68. The van der Waals surface area contributed by atoms with Gasteiger partial charge in [-0.05, 0) is 40.2 Å². The highest BCUT2D eigenvalue weighted by atomic mass is 79.9. The molecule has 4 heteroatoms. The summed E-state index contributed by atoms with van der Waals surface area (Å²) in [5.74, 6) is 0.857. The van der Waals surface area contributed by atoms with Crippen molar-refractivity contribution in [3.05, 3.63) is 65.0 Å². The Morgan fingerprint density at radius 3 is 2.72 bits per heavy atom. The van der Waals surface area contributed by atoms with Crippen LogP contribution in [0.5, 0.6) is 5.75 Å². The van der Waals surface area contributed by atoms with Crippen LogP contribution in [0.3, 0.4) is 0 Å². The first-order chi connectivity index (χ1) is 8.81. The van der Waals surface area contributed by atoms with E-state index in [1.165, 1.54) is 0 Å². The van der Waals surface area contributed by atoms with Gasteiger partial charge in [0.15, 0.2) is 0 Å². The van der Waals surface area contributed by atoms with Crippen molar-refractivity contribution in [2.45, 2.75) is 6.61 Å². The molecule has 0 bridgehead atoms. The highest BCUT2D eigenvalue weighted by Gasteiger charge is 2.02. The molecule has 0 spiro atoms. The van der Waals surface area contributed by atoms with E-state index in [0.717, 1.165) is 21.6 Å². The van der Waals surface area contributed by atoms with Crippen molar-refractivity contribution in [2.24, 2.45) is 0 Å². The summed E-state index contributed by atoms with van der Waals surface area (Å²) in [7, 11) is 0. The topological polar surface area (TPSA) is 26.5 Å². The first-order valence-corrected chi connectivity index (χ1v) is 6.41. The van der Waals surface area contributed by atoms with Gasteiger partial charge in [0.2, 0.25) is 0 Å². The van der Waals surface area contributed by atoms with E-state index in [9.17, 15) is 0 Å². The quantitative estimate of drug-likeness (QED) is 0.738. The van der Waals surface area contributed by atoms with E-state index in [1.807, 2.05) is 59.3 Å². The van der Waals surface area contributed by atoms with Gasteiger partial charge in [0.05, 0.1) is 5.69 Å². The van der Waals surface area contributed by atoms with Crippen molar-refractivity contribution in [1.29, 1.82) is 0 Å². The zero-order chi connectivity index (χ0) is 12.4. The number of fused-ring (bicyclic) bond motifs is 1. The number of nitrogens with zero attached hydrogens (tertiary/aromatic N) is 2. The first-order valence-electron chi connectivity index (χ1n) is 5.62. The zero-order valence-corrected chi connectivity index (χ0v) is 11.2. The van der Waals surface area contributed by atoms with Gasteiger partial charge >= 0.3 is 0 Å². The molecular weight excluding hydrogens is 292 g/mol. The van der Waals surface area contributed by atoms with Crippen LogP contribution in [-0.2, 0) is 6.61 Å². The highest BCUT2D eigenvalue weighted by Crippen LogP contribution is 2.14. The number of rotatable bonds is 3. The predicted molar refractivity (Wildman–Crippen MR) is 73.7 cm³/mol. The Kier molecular flexibility index (Phi) is 3.02. The number of benzene rings is 1. The molecule has 0 fully saturated rings. The highest BCUT2D eigenvalue weighted by molar-refractivity contribution is 9.10. The number of ether oxygens (including phenoxy) is 1. The van der Waals surface area contributed by atoms with E-state index in [4.69, 9.17) is 4.74 Å². The lowest BCUT2D eigenvalue weighted by Crippen LogP contribution is -1.94. The Bertz CT molecular complexity index is 664. The first kappa shape index (κ1) is 11.3. The van der Waals surface area contributed by atoms with Gasteiger partial charge in [0.25, 0.3) is 0 Å². The lowest BCUT2D eigenvalue weighted by Gasteiger charge is -2.02. The summed E-state index contributed by atoms with van der Waals surface area (Å²) in [4.78, 5) is 4.49. The van der Waals surface area contributed by atoms with Crippen LogP contribution in [0.2, 0.25) is 0 Å². The minimum absolute atomic E-state index is 0.476. The third-order valence-corrected chi connectivity index (χ3v) is 3.06. The molecule has 3 rings (SSSR count). The number of imidazole rings is 1. The van der Waals surface area contributed by atoms with Crippen molar-refractivity contribution in [2.75, 3.05) is 0 Å². The third-order valence-electron chi connectivity index (χ3n) is 2.59. The largest absolute Gasteiger partial charge is 0.487 e. The van der Waals surface area contributed by atoms with Gasteiger partial charge in [0, 0.05) is 16.9 Å². The molecule has 0 N–H and O–H groups in total. The summed E-state index contributed by atoms with van der Waals surface area (Å²) in [6, 6.07) is 13.7. The van der Waals surface area contributed by atoms with Crippen LogP contribution in [0.1, 0.15) is 5.69 Å². The molecule has 3 nitrogen and oxygen atoms in total. The number of hydrogen-bond acceptors (Lipinski definition) is 2. The van der Waals surface area contributed by atoms with E-state index >= 15 is 0 Å². The van der Waals surface area contributed by atoms with Gasteiger partial charge in [-0.2, -0.15) is 0 Å². The van der Waals surface area contributed by atoms with Gasteiger partial charge in [-0.1, -0.05) is 18.2 Å². The SMILES string of the molecule is Brc1ccc2nc(COc3ccccc3)cn2c1. The maximum Gasteiger partial charge on any atom is 0.137 e. The molecule has 2 heterocycles. The van der Waals surface area contributed by atoms with Gasteiger partial charge in [0.1, 0.15) is 18.0 Å². The molecular formula is C14H11BrN2O. The summed E-state index contributed by atoms with van der Waals surface area (Å²) in [6.45, 7) is 0.476. The normalized spacial score (nSPS) is 10.7. The molecule has 0 amide bonds. The Morgan fingerprint density at radius 1 is 1.06 bits per heavy atom. The summed E-state index contributed by atoms with van der Waals surface area (Å²) in [5.41, 5.74) is 1.84.